The van der Waals surface area contributed by atoms with Gasteiger partial charge in [0.25, 0.3) is 11.8 Å². The van der Waals surface area contributed by atoms with Crippen molar-refractivity contribution in [1.82, 2.24) is 4.90 Å². The minimum atomic E-state index is -0.808. The van der Waals surface area contributed by atoms with Crippen LogP contribution < -0.4 is 11.1 Å². The second kappa shape index (κ2) is 10.7. The minimum absolute atomic E-state index is 0.0450. The number of amides is 2. The lowest BCUT2D eigenvalue weighted by Gasteiger charge is -2.36. The molecule has 5 nitrogen and oxygen atoms in total. The number of halogens is 3. The predicted octanol–water partition coefficient (Wildman–Crippen LogP) is 5.27. The molecule has 0 aliphatic heterocycles. The Morgan fingerprint density at radius 3 is 2.09 bits per heavy atom. The van der Waals surface area contributed by atoms with E-state index in [4.69, 9.17) is 5.73 Å². The van der Waals surface area contributed by atoms with Crippen LogP contribution in [0.2, 0.25) is 0 Å². The van der Waals surface area contributed by atoms with E-state index in [1.807, 2.05) is 0 Å². The molecule has 0 radical (unpaired) electrons. The maximum atomic E-state index is 13.8. The highest BCUT2D eigenvalue weighted by Gasteiger charge is 2.29. The molecule has 1 saturated carbocycles. The zero-order valence-corrected chi connectivity index (χ0v) is 19.0. The molecule has 182 valence electrons. The van der Waals surface area contributed by atoms with Gasteiger partial charge < -0.3 is 16.0 Å². The average Bonchev–Trinajstić information content (AvgIpc) is 2.83. The quantitative estimate of drug-likeness (QED) is 0.504. The Morgan fingerprint density at radius 1 is 0.829 bits per heavy atom. The monoisotopic (exact) mass is 481 g/mol. The van der Waals surface area contributed by atoms with Crippen molar-refractivity contribution in [3.05, 3.63) is 101 Å². The Morgan fingerprint density at radius 2 is 1.46 bits per heavy atom. The predicted molar refractivity (Wildman–Crippen MR) is 127 cm³/mol. The maximum Gasteiger partial charge on any atom is 0.255 e. The Kier molecular flexibility index (Phi) is 7.51. The molecule has 0 spiro atoms. The molecule has 0 unspecified atom stereocenters. The number of nitrogens with two attached hydrogens (primary N) is 1. The van der Waals surface area contributed by atoms with E-state index in [1.54, 1.807) is 29.2 Å². The van der Waals surface area contributed by atoms with Gasteiger partial charge in [-0.25, -0.2) is 13.2 Å². The summed E-state index contributed by atoms with van der Waals surface area (Å²) < 4.78 is 41.0. The number of nitrogens with zero attached hydrogens (tertiary/aromatic N) is 1. The van der Waals surface area contributed by atoms with Crippen molar-refractivity contribution in [2.45, 2.75) is 44.3 Å². The highest BCUT2D eigenvalue weighted by Crippen LogP contribution is 2.26. The van der Waals surface area contributed by atoms with Gasteiger partial charge in [-0.15, -0.1) is 0 Å². The second-order valence-electron chi connectivity index (χ2n) is 8.82. The molecule has 1 aliphatic carbocycles. The first kappa shape index (κ1) is 24.5. The van der Waals surface area contributed by atoms with E-state index >= 15 is 0 Å². The van der Waals surface area contributed by atoms with E-state index in [0.717, 1.165) is 42.7 Å². The Labute approximate surface area is 201 Å². The highest BCUT2D eigenvalue weighted by atomic mass is 19.1. The van der Waals surface area contributed by atoms with Crippen LogP contribution in [0.15, 0.2) is 66.7 Å². The molecule has 35 heavy (non-hydrogen) atoms. The van der Waals surface area contributed by atoms with E-state index in [9.17, 15) is 22.8 Å². The smallest absolute Gasteiger partial charge is 0.255 e. The molecule has 1 fully saturated rings. The van der Waals surface area contributed by atoms with Gasteiger partial charge in [-0.2, -0.15) is 0 Å². The molecule has 0 bridgehead atoms. The summed E-state index contributed by atoms with van der Waals surface area (Å²) in [5.74, 6) is -3.01. The molecule has 0 heterocycles. The first-order valence-electron chi connectivity index (χ1n) is 11.5. The number of benzene rings is 3. The van der Waals surface area contributed by atoms with E-state index in [-0.39, 0.29) is 29.8 Å². The van der Waals surface area contributed by atoms with Gasteiger partial charge in [0.05, 0.1) is 0 Å². The van der Waals surface area contributed by atoms with Crippen LogP contribution in [0, 0.1) is 17.5 Å². The number of nitrogens with one attached hydrogen (secondary N) is 1. The molecule has 1 aliphatic rings. The van der Waals surface area contributed by atoms with Crippen LogP contribution in [0.25, 0.3) is 0 Å². The van der Waals surface area contributed by atoms with Crippen molar-refractivity contribution in [3.8, 4) is 0 Å². The second-order valence-corrected chi connectivity index (χ2v) is 8.82. The van der Waals surface area contributed by atoms with Crippen LogP contribution >= 0.6 is 0 Å². The topological polar surface area (TPSA) is 75.4 Å². The SMILES string of the molecule is NC1CCC(N(Cc2ccc(NC(=O)c3cccc(F)c3)cc2)C(=O)c2cc(F)cc(F)c2)CC1. The van der Waals surface area contributed by atoms with Crippen LogP contribution in [0.5, 0.6) is 0 Å². The molecule has 0 atom stereocenters. The van der Waals surface area contributed by atoms with Crippen LogP contribution in [0.3, 0.4) is 0 Å². The molecule has 4 rings (SSSR count). The van der Waals surface area contributed by atoms with Crippen molar-refractivity contribution in [2.75, 3.05) is 5.32 Å². The van der Waals surface area contributed by atoms with E-state index in [2.05, 4.69) is 5.32 Å². The van der Waals surface area contributed by atoms with Gasteiger partial charge in [0.2, 0.25) is 0 Å². The fourth-order valence-electron chi connectivity index (χ4n) is 4.35. The van der Waals surface area contributed by atoms with Crippen molar-refractivity contribution < 1.29 is 22.8 Å². The summed E-state index contributed by atoms with van der Waals surface area (Å²) in [6, 6.07) is 15.1. The van der Waals surface area contributed by atoms with Crippen LogP contribution in [0.1, 0.15) is 52.0 Å². The maximum absolute atomic E-state index is 13.8. The molecule has 3 aromatic carbocycles. The summed E-state index contributed by atoms with van der Waals surface area (Å²) >= 11 is 0. The number of rotatable bonds is 6. The third-order valence-corrected chi connectivity index (χ3v) is 6.20. The van der Waals surface area contributed by atoms with Crippen LogP contribution in [0.4, 0.5) is 18.9 Å². The molecule has 3 N–H and O–H groups in total. The van der Waals surface area contributed by atoms with Gasteiger partial charge in [-0.3, -0.25) is 9.59 Å². The average molecular weight is 482 g/mol. The van der Waals surface area contributed by atoms with E-state index in [1.165, 1.54) is 18.2 Å². The third kappa shape index (κ3) is 6.27. The third-order valence-electron chi connectivity index (χ3n) is 6.20. The Hall–Kier alpha value is -3.65. The van der Waals surface area contributed by atoms with Crippen LogP contribution in [-0.4, -0.2) is 28.8 Å². The number of anilines is 1. The van der Waals surface area contributed by atoms with Crippen molar-refractivity contribution in [3.63, 3.8) is 0 Å². The van der Waals surface area contributed by atoms with Gasteiger partial charge in [0.15, 0.2) is 0 Å². The summed E-state index contributed by atoms with van der Waals surface area (Å²) in [5.41, 5.74) is 7.47. The standard InChI is InChI=1S/C27H26F3N3O2/c28-20-3-1-2-18(12-20)26(34)32-24-8-4-17(5-9-24)16-33(25-10-6-23(31)7-11-25)27(35)19-13-21(29)15-22(30)14-19/h1-5,8-9,12-15,23,25H,6-7,10-11,16,31H2,(H,32,34). The molecule has 0 aromatic heterocycles. The van der Waals surface area contributed by atoms with Crippen molar-refractivity contribution >= 4 is 17.5 Å². The van der Waals surface area contributed by atoms with E-state index in [0.29, 0.717) is 18.5 Å². The fourth-order valence-corrected chi connectivity index (χ4v) is 4.35. The highest BCUT2D eigenvalue weighted by molar-refractivity contribution is 6.04. The largest absolute Gasteiger partial charge is 0.331 e. The summed E-state index contributed by atoms with van der Waals surface area (Å²) in [6.07, 6.45) is 2.92. The van der Waals surface area contributed by atoms with Gasteiger partial charge in [-0.05, 0) is 73.7 Å². The van der Waals surface area contributed by atoms with Gasteiger partial charge >= 0.3 is 0 Å². The molecular weight excluding hydrogens is 455 g/mol. The number of carbonyl (C=O) groups excluding carboxylic acids is 2. The first-order chi connectivity index (χ1) is 16.8. The fraction of sp³-hybridized carbons (Fsp3) is 0.259. The lowest BCUT2D eigenvalue weighted by molar-refractivity contribution is 0.0605. The lowest BCUT2D eigenvalue weighted by Crippen LogP contribution is -2.43. The minimum Gasteiger partial charge on any atom is -0.331 e. The molecule has 0 saturated heterocycles. The summed E-state index contributed by atoms with van der Waals surface area (Å²) in [4.78, 5) is 27.3. The number of carbonyl (C=O) groups is 2. The summed E-state index contributed by atoms with van der Waals surface area (Å²) in [5, 5.41) is 2.71. The van der Waals surface area contributed by atoms with Crippen molar-refractivity contribution in [1.29, 1.82) is 0 Å². The first-order valence-corrected chi connectivity index (χ1v) is 11.5. The lowest BCUT2D eigenvalue weighted by atomic mass is 9.90. The van der Waals surface area contributed by atoms with Crippen molar-refractivity contribution in [2.24, 2.45) is 5.73 Å². The normalized spacial score (nSPS) is 17.6. The van der Waals surface area contributed by atoms with Crippen LogP contribution in [-0.2, 0) is 6.54 Å². The zero-order valence-electron chi connectivity index (χ0n) is 19.0. The van der Waals surface area contributed by atoms with Gasteiger partial charge in [0.1, 0.15) is 17.5 Å². The van der Waals surface area contributed by atoms with E-state index < -0.39 is 29.3 Å². The molecule has 8 heteroatoms. The summed E-state index contributed by atoms with van der Waals surface area (Å²) in [6.45, 7) is 0.231. The number of hydrogen-bond donors (Lipinski definition) is 2. The zero-order chi connectivity index (χ0) is 24.9. The van der Waals surface area contributed by atoms with Gasteiger partial charge in [-0.1, -0.05) is 18.2 Å². The molecular formula is C27H26F3N3O2. The Balaban J connectivity index is 1.51. The number of hydrogen-bond acceptors (Lipinski definition) is 3. The Bertz CT molecular complexity index is 1190. The molecule has 3 aromatic rings. The molecule has 2 amide bonds. The van der Waals surface area contributed by atoms with Gasteiger partial charge in [0, 0.05) is 41.5 Å². The summed E-state index contributed by atoms with van der Waals surface area (Å²) in [7, 11) is 0.